The van der Waals surface area contributed by atoms with Gasteiger partial charge < -0.3 is 23.7 Å². The number of hydrogen-bond acceptors (Lipinski definition) is 5. The predicted octanol–water partition coefficient (Wildman–Crippen LogP) is 1.85. The first-order valence-electron chi connectivity index (χ1n) is 7.41. The minimum atomic E-state index is -0.626. The van der Waals surface area contributed by atoms with Crippen LogP contribution in [0.1, 0.15) is 19.4 Å². The van der Waals surface area contributed by atoms with Crippen LogP contribution < -0.4 is 0 Å². The molecule has 5 atom stereocenters. The minimum Gasteiger partial charge on any atom is -0.370 e. The van der Waals surface area contributed by atoms with Crippen molar-refractivity contribution in [2.45, 2.75) is 56.9 Å². The van der Waals surface area contributed by atoms with Crippen LogP contribution in [0.5, 0.6) is 0 Å². The smallest absolute Gasteiger partial charge is 0.190 e. The van der Waals surface area contributed by atoms with Gasteiger partial charge in [0.25, 0.3) is 0 Å². The molecule has 1 aromatic carbocycles. The Bertz CT molecular complexity index is 499. The first kappa shape index (κ1) is 13.7. The highest BCUT2D eigenvalue weighted by atomic mass is 16.8. The Balaban J connectivity index is 1.47. The van der Waals surface area contributed by atoms with Gasteiger partial charge in [-0.1, -0.05) is 30.3 Å². The van der Waals surface area contributed by atoms with E-state index < -0.39 is 5.79 Å². The maximum Gasteiger partial charge on any atom is 0.190 e. The molecule has 3 heterocycles. The summed E-state index contributed by atoms with van der Waals surface area (Å²) in [6, 6.07) is 10.1. The van der Waals surface area contributed by atoms with Crippen LogP contribution in [0.25, 0.3) is 0 Å². The van der Waals surface area contributed by atoms with Gasteiger partial charge in [-0.25, -0.2) is 0 Å². The van der Waals surface area contributed by atoms with E-state index in [2.05, 4.69) is 0 Å². The van der Waals surface area contributed by atoms with Crippen LogP contribution in [0, 0.1) is 0 Å². The van der Waals surface area contributed by atoms with Gasteiger partial charge in [-0.3, -0.25) is 0 Å². The number of epoxide rings is 1. The zero-order valence-corrected chi connectivity index (χ0v) is 12.2. The van der Waals surface area contributed by atoms with Crippen LogP contribution >= 0.6 is 0 Å². The monoisotopic (exact) mass is 292 g/mol. The van der Waals surface area contributed by atoms with E-state index >= 15 is 0 Å². The van der Waals surface area contributed by atoms with Crippen molar-refractivity contribution in [3.63, 3.8) is 0 Å². The number of ether oxygens (including phenoxy) is 5. The molecule has 3 saturated heterocycles. The summed E-state index contributed by atoms with van der Waals surface area (Å²) >= 11 is 0. The summed E-state index contributed by atoms with van der Waals surface area (Å²) in [6.07, 6.45) is -0.733. The molecule has 1 aromatic rings. The Morgan fingerprint density at radius 1 is 1.14 bits per heavy atom. The molecule has 21 heavy (non-hydrogen) atoms. The molecule has 0 bridgehead atoms. The van der Waals surface area contributed by atoms with Crippen LogP contribution in [0.3, 0.4) is 0 Å². The van der Waals surface area contributed by atoms with Gasteiger partial charge in [0.1, 0.15) is 24.4 Å². The third-order valence-electron chi connectivity index (χ3n) is 4.04. The fourth-order valence-corrected chi connectivity index (χ4v) is 3.01. The van der Waals surface area contributed by atoms with Gasteiger partial charge in [-0.15, -0.1) is 0 Å². The number of fused-ring (bicyclic) bond motifs is 1. The quantitative estimate of drug-likeness (QED) is 0.793. The van der Waals surface area contributed by atoms with E-state index in [0.29, 0.717) is 6.61 Å². The van der Waals surface area contributed by atoms with Crippen LogP contribution in [-0.4, -0.2) is 43.1 Å². The van der Waals surface area contributed by atoms with Crippen LogP contribution in [-0.2, 0) is 30.3 Å². The van der Waals surface area contributed by atoms with E-state index in [1.165, 1.54) is 0 Å². The summed E-state index contributed by atoms with van der Waals surface area (Å²) in [4.78, 5) is 0. The lowest BCUT2D eigenvalue weighted by molar-refractivity contribution is -0.221. The first-order valence-corrected chi connectivity index (χ1v) is 7.41. The van der Waals surface area contributed by atoms with Crippen LogP contribution in [0.2, 0.25) is 0 Å². The second-order valence-corrected chi connectivity index (χ2v) is 6.20. The van der Waals surface area contributed by atoms with Gasteiger partial charge in [0.05, 0.1) is 13.2 Å². The average Bonchev–Trinajstić information content (AvgIpc) is 3.18. The molecule has 5 heteroatoms. The van der Waals surface area contributed by atoms with E-state index in [1.54, 1.807) is 0 Å². The second kappa shape index (κ2) is 5.04. The maximum atomic E-state index is 6.10. The first-order chi connectivity index (χ1) is 10.1. The topological polar surface area (TPSA) is 49.5 Å². The lowest BCUT2D eigenvalue weighted by Crippen LogP contribution is -2.39. The molecule has 0 saturated carbocycles. The zero-order chi connectivity index (χ0) is 14.4. The largest absolute Gasteiger partial charge is 0.370 e. The highest BCUT2D eigenvalue weighted by Crippen LogP contribution is 2.42. The SMILES string of the molecule is CC1(C)OC2[C@H](O[C@H](C3CO3)[C@@H]2OCc2ccccc2)O1. The maximum absolute atomic E-state index is 6.10. The Labute approximate surface area is 124 Å². The number of rotatable bonds is 4. The van der Waals surface area contributed by atoms with E-state index in [0.717, 1.165) is 12.2 Å². The van der Waals surface area contributed by atoms with Crippen molar-refractivity contribution in [3.8, 4) is 0 Å². The molecular formula is C16H20O5. The summed E-state index contributed by atoms with van der Waals surface area (Å²) in [5.41, 5.74) is 1.13. The summed E-state index contributed by atoms with van der Waals surface area (Å²) in [6.45, 7) is 5.04. The lowest BCUT2D eigenvalue weighted by Gasteiger charge is -2.25. The Morgan fingerprint density at radius 2 is 1.90 bits per heavy atom. The third-order valence-corrected chi connectivity index (χ3v) is 4.04. The highest BCUT2D eigenvalue weighted by Gasteiger charge is 2.59. The number of hydrogen-bond donors (Lipinski definition) is 0. The van der Waals surface area contributed by atoms with Gasteiger partial charge in [-0.2, -0.15) is 0 Å². The summed E-state index contributed by atoms with van der Waals surface area (Å²) < 4.78 is 29.2. The molecule has 0 radical (unpaired) electrons. The van der Waals surface area contributed by atoms with Crippen LogP contribution in [0.15, 0.2) is 30.3 Å². The fourth-order valence-electron chi connectivity index (χ4n) is 3.01. The van der Waals surface area contributed by atoms with Crippen molar-refractivity contribution >= 4 is 0 Å². The lowest BCUT2D eigenvalue weighted by atomic mass is 10.1. The molecule has 0 aromatic heterocycles. The molecule has 2 unspecified atom stereocenters. The molecule has 3 aliphatic heterocycles. The normalized spacial score (nSPS) is 40.2. The van der Waals surface area contributed by atoms with Crippen LogP contribution in [0.4, 0.5) is 0 Å². The van der Waals surface area contributed by atoms with E-state index in [4.69, 9.17) is 23.7 Å². The molecule has 3 aliphatic rings. The highest BCUT2D eigenvalue weighted by molar-refractivity contribution is 5.13. The number of benzene rings is 1. The molecule has 3 fully saturated rings. The van der Waals surface area contributed by atoms with Crippen molar-refractivity contribution in [2.24, 2.45) is 0 Å². The molecule has 4 rings (SSSR count). The Kier molecular flexibility index (Phi) is 3.28. The Morgan fingerprint density at radius 3 is 2.62 bits per heavy atom. The predicted molar refractivity (Wildman–Crippen MR) is 73.5 cm³/mol. The molecule has 114 valence electrons. The minimum absolute atomic E-state index is 0.103. The van der Waals surface area contributed by atoms with E-state index in [9.17, 15) is 0 Å². The fraction of sp³-hybridized carbons (Fsp3) is 0.625. The molecular weight excluding hydrogens is 272 g/mol. The van der Waals surface area contributed by atoms with Gasteiger partial charge in [0.2, 0.25) is 0 Å². The van der Waals surface area contributed by atoms with E-state index in [-0.39, 0.29) is 30.7 Å². The molecule has 0 N–H and O–H groups in total. The molecule has 0 amide bonds. The van der Waals surface area contributed by atoms with Gasteiger partial charge >= 0.3 is 0 Å². The summed E-state index contributed by atoms with van der Waals surface area (Å²) in [7, 11) is 0. The van der Waals surface area contributed by atoms with Crippen molar-refractivity contribution in [1.82, 2.24) is 0 Å². The summed E-state index contributed by atoms with van der Waals surface area (Å²) in [5, 5.41) is 0. The third kappa shape index (κ3) is 2.72. The molecule has 0 spiro atoms. The molecule has 0 aliphatic carbocycles. The zero-order valence-electron chi connectivity index (χ0n) is 12.2. The van der Waals surface area contributed by atoms with Crippen molar-refractivity contribution in [3.05, 3.63) is 35.9 Å². The van der Waals surface area contributed by atoms with Gasteiger partial charge in [0, 0.05) is 0 Å². The van der Waals surface area contributed by atoms with Gasteiger partial charge in [-0.05, 0) is 19.4 Å². The standard InChI is InChI=1S/C16H20O5/c1-16(2)20-14-13(18-8-10-6-4-3-5-7-10)12(11-9-17-11)19-15(14)21-16/h3-7,11-15H,8-9H2,1-2H3/t11?,12-,13+,14?,15-/m1/s1. The van der Waals surface area contributed by atoms with Crippen molar-refractivity contribution < 1.29 is 23.7 Å². The molecule has 5 nitrogen and oxygen atoms in total. The Hall–Kier alpha value is -0.980. The van der Waals surface area contributed by atoms with Gasteiger partial charge in [0.15, 0.2) is 12.1 Å². The van der Waals surface area contributed by atoms with Crippen molar-refractivity contribution in [2.75, 3.05) is 6.61 Å². The summed E-state index contributed by atoms with van der Waals surface area (Å²) in [5.74, 6) is -0.626. The van der Waals surface area contributed by atoms with E-state index in [1.807, 2.05) is 44.2 Å². The average molecular weight is 292 g/mol. The van der Waals surface area contributed by atoms with Crippen molar-refractivity contribution in [1.29, 1.82) is 0 Å². The second-order valence-electron chi connectivity index (χ2n) is 6.20.